The number of hydrogen-bond donors (Lipinski definition) is 1. The van der Waals surface area contributed by atoms with E-state index in [1.54, 1.807) is 16.8 Å². The number of thioether (sulfide) groups is 1. The van der Waals surface area contributed by atoms with Gasteiger partial charge in [-0.25, -0.2) is 14.6 Å². The first-order valence-corrected chi connectivity index (χ1v) is 11.4. The third kappa shape index (κ3) is 4.35. The second kappa shape index (κ2) is 9.08. The van der Waals surface area contributed by atoms with E-state index >= 15 is 0 Å². The fourth-order valence-electron chi connectivity index (χ4n) is 3.05. The molecule has 0 aliphatic heterocycles. The Balaban J connectivity index is 2.20. The smallest absolute Gasteiger partial charge is 0.170 e. The Morgan fingerprint density at radius 1 is 1.18 bits per heavy atom. The normalized spacial score (nSPS) is 12.5. The Bertz CT molecular complexity index is 982. The molecular weight excluding hydrogens is 437 g/mol. The fourth-order valence-corrected chi connectivity index (χ4v) is 4.58. The maximum atomic E-state index is 6.45. The first-order valence-electron chi connectivity index (χ1n) is 9.08. The summed E-state index contributed by atoms with van der Waals surface area (Å²) in [6.45, 7) is 6.22. The lowest BCUT2D eigenvalue weighted by atomic mass is 10.1. The van der Waals surface area contributed by atoms with E-state index in [4.69, 9.17) is 39.9 Å². The molecule has 0 fully saturated rings. The van der Waals surface area contributed by atoms with Crippen molar-refractivity contribution >= 4 is 63.4 Å². The maximum absolute atomic E-state index is 6.45. The number of benzene rings is 1. The fraction of sp³-hybridized carbons (Fsp3) is 0.421. The average molecular weight is 459 g/mol. The van der Waals surface area contributed by atoms with Gasteiger partial charge in [0, 0.05) is 11.1 Å². The molecule has 0 aliphatic carbocycles. The van der Waals surface area contributed by atoms with Crippen molar-refractivity contribution in [3.63, 3.8) is 0 Å². The first kappa shape index (κ1) is 21.5. The molecule has 28 heavy (non-hydrogen) atoms. The summed E-state index contributed by atoms with van der Waals surface area (Å²) in [4.78, 5) is 9.29. The van der Waals surface area contributed by atoms with Crippen LogP contribution in [0, 0.1) is 6.92 Å². The van der Waals surface area contributed by atoms with Gasteiger partial charge >= 0.3 is 0 Å². The summed E-state index contributed by atoms with van der Waals surface area (Å²) in [6, 6.07) is 3.59. The number of fused-ring (bicyclic) bond motifs is 1. The van der Waals surface area contributed by atoms with Crippen LogP contribution in [0.25, 0.3) is 16.7 Å². The highest BCUT2D eigenvalue weighted by Crippen LogP contribution is 2.37. The van der Waals surface area contributed by atoms with Gasteiger partial charge in [0.05, 0.1) is 15.4 Å². The molecule has 0 saturated carbocycles. The van der Waals surface area contributed by atoms with Crippen LogP contribution >= 0.6 is 46.6 Å². The van der Waals surface area contributed by atoms with Crippen molar-refractivity contribution in [2.45, 2.75) is 51.1 Å². The number of unbranched alkanes of at least 4 members (excludes halogenated alkanes) is 1. The lowest BCUT2D eigenvalue weighted by molar-refractivity contribution is 0.643. The van der Waals surface area contributed by atoms with Gasteiger partial charge in [-0.15, -0.1) is 11.8 Å². The molecule has 1 aromatic carbocycles. The van der Waals surface area contributed by atoms with E-state index in [1.165, 1.54) is 11.8 Å². The van der Waals surface area contributed by atoms with Crippen LogP contribution in [0.4, 0.5) is 5.82 Å². The molecule has 0 aliphatic rings. The Hall–Kier alpha value is -1.21. The summed E-state index contributed by atoms with van der Waals surface area (Å²) in [5.74, 6) is 1.43. The predicted octanol–water partition coefficient (Wildman–Crippen LogP) is 6.80. The molecule has 150 valence electrons. The molecular formula is C19H22Cl3N5S. The van der Waals surface area contributed by atoms with E-state index in [2.05, 4.69) is 29.1 Å². The van der Waals surface area contributed by atoms with Crippen molar-refractivity contribution in [3.8, 4) is 5.69 Å². The average Bonchev–Trinajstić information content (AvgIpc) is 2.97. The number of nitrogens with one attached hydrogen (secondary N) is 1. The molecule has 9 heteroatoms. The number of aromatic nitrogens is 4. The number of halogens is 3. The Morgan fingerprint density at radius 3 is 2.46 bits per heavy atom. The van der Waals surface area contributed by atoms with Gasteiger partial charge in [-0.1, -0.05) is 54.6 Å². The van der Waals surface area contributed by atoms with Crippen molar-refractivity contribution in [1.29, 1.82) is 0 Å². The molecule has 0 amide bonds. The second-order valence-corrected chi connectivity index (χ2v) is 8.69. The molecule has 2 heterocycles. The predicted molar refractivity (Wildman–Crippen MR) is 121 cm³/mol. The van der Waals surface area contributed by atoms with E-state index in [0.717, 1.165) is 35.5 Å². The lowest BCUT2D eigenvalue weighted by Gasteiger charge is -2.15. The Kier molecular flexibility index (Phi) is 6.97. The zero-order valence-electron chi connectivity index (χ0n) is 16.2. The van der Waals surface area contributed by atoms with Gasteiger partial charge in [-0.2, -0.15) is 5.10 Å². The van der Waals surface area contributed by atoms with Crippen molar-refractivity contribution in [2.75, 3.05) is 11.6 Å². The van der Waals surface area contributed by atoms with Crippen LogP contribution in [0.2, 0.25) is 15.1 Å². The monoisotopic (exact) mass is 457 g/mol. The molecule has 1 atom stereocenters. The number of anilines is 1. The first-order chi connectivity index (χ1) is 13.3. The highest BCUT2D eigenvalue weighted by molar-refractivity contribution is 7.98. The number of nitrogens with zero attached hydrogens (tertiary/aromatic N) is 4. The van der Waals surface area contributed by atoms with Gasteiger partial charge in [-0.05, 0) is 38.7 Å². The minimum atomic E-state index is 0.290. The maximum Gasteiger partial charge on any atom is 0.170 e. The molecule has 0 saturated heterocycles. The number of aryl methyl sites for hydroxylation is 1. The second-order valence-electron chi connectivity index (χ2n) is 6.64. The van der Waals surface area contributed by atoms with E-state index in [-0.39, 0.29) is 0 Å². The van der Waals surface area contributed by atoms with Crippen molar-refractivity contribution < 1.29 is 0 Å². The van der Waals surface area contributed by atoms with Crippen molar-refractivity contribution in [1.82, 2.24) is 19.7 Å². The number of rotatable bonds is 7. The van der Waals surface area contributed by atoms with Crippen LogP contribution < -0.4 is 5.32 Å². The van der Waals surface area contributed by atoms with Crippen molar-refractivity contribution in [3.05, 3.63) is 33.0 Å². The van der Waals surface area contributed by atoms with Gasteiger partial charge in [-0.3, -0.25) is 0 Å². The quantitative estimate of drug-likeness (QED) is 0.395. The zero-order valence-corrected chi connectivity index (χ0v) is 19.3. The van der Waals surface area contributed by atoms with E-state index in [1.807, 2.05) is 13.2 Å². The topological polar surface area (TPSA) is 55.6 Å². The molecule has 0 radical (unpaired) electrons. The minimum absolute atomic E-state index is 0.290. The largest absolute Gasteiger partial charge is 0.367 e. The Labute approximate surface area is 184 Å². The SMILES string of the molecule is CCCCC(C)Nc1nc(C)nc2c1c(SC)nn2-c1c(Cl)cc(Cl)cc1Cl. The summed E-state index contributed by atoms with van der Waals surface area (Å²) in [5, 5.41) is 11.2. The van der Waals surface area contributed by atoms with E-state index in [0.29, 0.717) is 38.3 Å². The summed E-state index contributed by atoms with van der Waals surface area (Å²) in [5.41, 5.74) is 1.22. The molecule has 3 aromatic rings. The molecule has 3 rings (SSSR count). The highest BCUT2D eigenvalue weighted by atomic mass is 35.5. The molecule has 1 N–H and O–H groups in total. The van der Waals surface area contributed by atoms with Crippen LogP contribution in [0.5, 0.6) is 0 Å². The molecule has 0 bridgehead atoms. The van der Waals surface area contributed by atoms with Crippen LogP contribution in [0.3, 0.4) is 0 Å². The van der Waals surface area contributed by atoms with Gasteiger partial charge in [0.1, 0.15) is 22.4 Å². The zero-order chi connectivity index (χ0) is 20.4. The summed E-state index contributed by atoms with van der Waals surface area (Å²) >= 11 is 20.5. The molecule has 2 aromatic heterocycles. The van der Waals surface area contributed by atoms with Gasteiger partial charge in [0.25, 0.3) is 0 Å². The van der Waals surface area contributed by atoms with Crippen LogP contribution in [0.1, 0.15) is 38.9 Å². The highest BCUT2D eigenvalue weighted by Gasteiger charge is 2.22. The van der Waals surface area contributed by atoms with E-state index < -0.39 is 0 Å². The minimum Gasteiger partial charge on any atom is -0.367 e. The van der Waals surface area contributed by atoms with Crippen LogP contribution in [0.15, 0.2) is 17.2 Å². The van der Waals surface area contributed by atoms with Crippen LogP contribution in [-0.4, -0.2) is 32.0 Å². The third-order valence-electron chi connectivity index (χ3n) is 4.37. The summed E-state index contributed by atoms with van der Waals surface area (Å²) < 4.78 is 1.68. The van der Waals surface area contributed by atoms with Crippen LogP contribution in [-0.2, 0) is 0 Å². The lowest BCUT2D eigenvalue weighted by Crippen LogP contribution is -2.16. The summed E-state index contributed by atoms with van der Waals surface area (Å²) in [6.07, 6.45) is 5.36. The molecule has 0 spiro atoms. The van der Waals surface area contributed by atoms with Crippen molar-refractivity contribution in [2.24, 2.45) is 0 Å². The van der Waals surface area contributed by atoms with Gasteiger partial charge in [0.2, 0.25) is 0 Å². The third-order valence-corrected chi connectivity index (χ3v) is 5.83. The standard InChI is InChI=1S/C19H22Cl3N5S/c1-5-6-7-10(2)23-17-15-18(25-11(3)24-17)27(26-19(15)28-4)16-13(21)8-12(20)9-14(16)22/h8-10H,5-7H2,1-4H3,(H,23,24,25). The summed E-state index contributed by atoms with van der Waals surface area (Å²) in [7, 11) is 0. The number of hydrogen-bond acceptors (Lipinski definition) is 5. The van der Waals surface area contributed by atoms with Gasteiger partial charge in [0.15, 0.2) is 5.65 Å². The molecule has 5 nitrogen and oxygen atoms in total. The van der Waals surface area contributed by atoms with E-state index in [9.17, 15) is 0 Å². The van der Waals surface area contributed by atoms with Gasteiger partial charge < -0.3 is 5.32 Å². The Morgan fingerprint density at radius 2 is 1.86 bits per heavy atom. The molecule has 1 unspecified atom stereocenters.